The zero-order chi connectivity index (χ0) is 19.2. The highest BCUT2D eigenvalue weighted by Crippen LogP contribution is 2.36. The summed E-state index contributed by atoms with van der Waals surface area (Å²) in [7, 11) is 0. The van der Waals surface area contributed by atoms with Gasteiger partial charge in [0.05, 0.1) is 5.69 Å². The minimum absolute atomic E-state index is 0.569. The molecule has 2 N–H and O–H groups in total. The minimum atomic E-state index is 0.569. The first kappa shape index (κ1) is 17.5. The summed E-state index contributed by atoms with van der Waals surface area (Å²) in [6, 6.07) is 31.9. The number of anilines is 1. The molecule has 4 aromatic carbocycles. The largest absolute Gasteiger partial charge is 0.457 e. The lowest BCUT2D eigenvalue weighted by molar-refractivity contribution is 0.419. The van der Waals surface area contributed by atoms with Crippen molar-refractivity contribution in [3.05, 3.63) is 103 Å². The van der Waals surface area contributed by atoms with E-state index in [1.54, 1.807) is 6.07 Å². The molecule has 4 nitrogen and oxygen atoms in total. The third-order valence-electron chi connectivity index (χ3n) is 4.02. The fraction of sp³-hybridized carbons (Fsp3) is 0. The molecule has 0 aliphatic carbocycles. The highest BCUT2D eigenvalue weighted by Gasteiger charge is 2.09. The fourth-order valence-electron chi connectivity index (χ4n) is 2.64. The maximum Gasteiger partial charge on any atom is 0.170 e. The average molecular weight is 369 g/mol. The number of ether oxygens (including phenoxy) is 3. The van der Waals surface area contributed by atoms with E-state index < -0.39 is 0 Å². The van der Waals surface area contributed by atoms with Crippen LogP contribution >= 0.6 is 0 Å². The van der Waals surface area contributed by atoms with E-state index in [9.17, 15) is 0 Å². The van der Waals surface area contributed by atoms with Gasteiger partial charge in [0, 0.05) is 0 Å². The minimum Gasteiger partial charge on any atom is -0.457 e. The Balaban J connectivity index is 1.49. The number of nitrogens with two attached hydrogens (primary N) is 1. The van der Waals surface area contributed by atoms with Crippen LogP contribution in [0.5, 0.6) is 34.5 Å². The summed E-state index contributed by atoms with van der Waals surface area (Å²) in [5.74, 6) is 3.98. The summed E-state index contributed by atoms with van der Waals surface area (Å²) >= 11 is 0. The number of rotatable bonds is 6. The third-order valence-corrected chi connectivity index (χ3v) is 4.02. The molecule has 0 aromatic heterocycles. The predicted molar refractivity (Wildman–Crippen MR) is 110 cm³/mol. The molecule has 0 bridgehead atoms. The SMILES string of the molecule is Nc1ccccc1Oc1ccccc1Oc1ccc(Oc2ccccc2)cc1. The Labute approximate surface area is 163 Å². The van der Waals surface area contributed by atoms with E-state index in [1.807, 2.05) is 97.1 Å². The second-order valence-corrected chi connectivity index (χ2v) is 6.08. The van der Waals surface area contributed by atoms with Gasteiger partial charge in [-0.1, -0.05) is 42.5 Å². The van der Waals surface area contributed by atoms with Crippen molar-refractivity contribution in [2.45, 2.75) is 0 Å². The molecule has 138 valence electrons. The quantitative estimate of drug-likeness (QED) is 0.387. The standard InChI is InChI=1S/C24H19NO3/c25-21-10-4-5-11-22(21)28-24-13-7-6-12-23(24)27-20-16-14-19(15-17-20)26-18-8-2-1-3-9-18/h1-17H,25H2. The molecule has 0 spiro atoms. The summed E-state index contributed by atoms with van der Waals surface area (Å²) in [5, 5.41) is 0. The molecule has 4 rings (SSSR count). The van der Waals surface area contributed by atoms with Gasteiger partial charge in [-0.15, -0.1) is 0 Å². The maximum atomic E-state index is 6.01. The smallest absolute Gasteiger partial charge is 0.170 e. The van der Waals surface area contributed by atoms with Crippen molar-refractivity contribution in [1.29, 1.82) is 0 Å². The van der Waals surface area contributed by atoms with Crippen molar-refractivity contribution in [3.63, 3.8) is 0 Å². The van der Waals surface area contributed by atoms with Crippen LogP contribution in [0, 0.1) is 0 Å². The molecule has 0 aliphatic rings. The molecule has 0 atom stereocenters. The monoisotopic (exact) mass is 369 g/mol. The van der Waals surface area contributed by atoms with E-state index in [-0.39, 0.29) is 0 Å². The van der Waals surface area contributed by atoms with Gasteiger partial charge in [-0.2, -0.15) is 0 Å². The number of hydrogen-bond donors (Lipinski definition) is 1. The van der Waals surface area contributed by atoms with Crippen molar-refractivity contribution in [2.24, 2.45) is 0 Å². The van der Waals surface area contributed by atoms with Gasteiger partial charge in [-0.3, -0.25) is 0 Å². The van der Waals surface area contributed by atoms with Crippen molar-refractivity contribution in [1.82, 2.24) is 0 Å². The summed E-state index contributed by atoms with van der Waals surface area (Å²) in [6.45, 7) is 0. The van der Waals surface area contributed by atoms with Crippen molar-refractivity contribution < 1.29 is 14.2 Å². The van der Waals surface area contributed by atoms with Crippen LogP contribution in [0.4, 0.5) is 5.69 Å². The molecular weight excluding hydrogens is 350 g/mol. The normalized spacial score (nSPS) is 10.3. The molecule has 0 saturated heterocycles. The van der Waals surface area contributed by atoms with Crippen LogP contribution in [0.15, 0.2) is 103 Å². The van der Waals surface area contributed by atoms with Crippen LogP contribution in [0.2, 0.25) is 0 Å². The van der Waals surface area contributed by atoms with Crippen molar-refractivity contribution >= 4 is 5.69 Å². The zero-order valence-electron chi connectivity index (χ0n) is 15.1. The first-order valence-corrected chi connectivity index (χ1v) is 8.90. The van der Waals surface area contributed by atoms with E-state index in [0.29, 0.717) is 28.7 Å². The summed E-state index contributed by atoms with van der Waals surface area (Å²) in [5.41, 5.74) is 6.54. The van der Waals surface area contributed by atoms with E-state index in [1.165, 1.54) is 0 Å². The van der Waals surface area contributed by atoms with E-state index in [4.69, 9.17) is 19.9 Å². The average Bonchev–Trinajstić information content (AvgIpc) is 2.73. The third kappa shape index (κ3) is 4.24. The van der Waals surface area contributed by atoms with Gasteiger partial charge in [-0.25, -0.2) is 0 Å². The lowest BCUT2D eigenvalue weighted by Crippen LogP contribution is -1.94. The van der Waals surface area contributed by atoms with E-state index in [2.05, 4.69) is 0 Å². The van der Waals surface area contributed by atoms with Gasteiger partial charge in [0.2, 0.25) is 0 Å². The molecule has 28 heavy (non-hydrogen) atoms. The molecule has 4 heteroatoms. The van der Waals surface area contributed by atoms with Crippen molar-refractivity contribution in [3.8, 4) is 34.5 Å². The van der Waals surface area contributed by atoms with Crippen LogP contribution < -0.4 is 19.9 Å². The molecule has 0 unspecified atom stereocenters. The lowest BCUT2D eigenvalue weighted by Gasteiger charge is -2.13. The van der Waals surface area contributed by atoms with Gasteiger partial charge in [0.1, 0.15) is 17.2 Å². The summed E-state index contributed by atoms with van der Waals surface area (Å²) in [4.78, 5) is 0. The Morgan fingerprint density at radius 2 is 0.857 bits per heavy atom. The van der Waals surface area contributed by atoms with Crippen LogP contribution in [0.3, 0.4) is 0 Å². The fourth-order valence-corrected chi connectivity index (χ4v) is 2.64. The van der Waals surface area contributed by atoms with E-state index >= 15 is 0 Å². The van der Waals surface area contributed by atoms with Crippen LogP contribution in [-0.2, 0) is 0 Å². The Hall–Kier alpha value is -3.92. The molecule has 0 radical (unpaired) electrons. The zero-order valence-corrected chi connectivity index (χ0v) is 15.1. The van der Waals surface area contributed by atoms with Gasteiger partial charge < -0.3 is 19.9 Å². The van der Waals surface area contributed by atoms with Crippen LogP contribution in [-0.4, -0.2) is 0 Å². The Kier molecular flexibility index (Phi) is 5.11. The second-order valence-electron chi connectivity index (χ2n) is 6.08. The molecular formula is C24H19NO3. The molecule has 4 aromatic rings. The summed E-state index contributed by atoms with van der Waals surface area (Å²) < 4.78 is 17.8. The molecule has 0 fully saturated rings. The van der Waals surface area contributed by atoms with Crippen molar-refractivity contribution in [2.75, 3.05) is 5.73 Å². The highest BCUT2D eigenvalue weighted by atomic mass is 16.5. The molecule has 0 amide bonds. The first-order valence-electron chi connectivity index (χ1n) is 8.90. The number of benzene rings is 4. The molecule has 0 aliphatic heterocycles. The maximum absolute atomic E-state index is 6.01. The summed E-state index contributed by atoms with van der Waals surface area (Å²) in [6.07, 6.45) is 0. The van der Waals surface area contributed by atoms with E-state index in [0.717, 1.165) is 11.5 Å². The van der Waals surface area contributed by atoms with Crippen LogP contribution in [0.25, 0.3) is 0 Å². The lowest BCUT2D eigenvalue weighted by atomic mass is 10.3. The van der Waals surface area contributed by atoms with Gasteiger partial charge >= 0.3 is 0 Å². The topological polar surface area (TPSA) is 53.7 Å². The predicted octanol–water partition coefficient (Wildman–Crippen LogP) is 6.65. The first-order chi connectivity index (χ1) is 13.8. The number of para-hydroxylation sites is 5. The second kappa shape index (κ2) is 8.18. The number of nitrogen functional groups attached to an aromatic ring is 1. The van der Waals surface area contributed by atoms with Gasteiger partial charge in [0.25, 0.3) is 0 Å². The molecule has 0 heterocycles. The van der Waals surface area contributed by atoms with Crippen LogP contribution in [0.1, 0.15) is 0 Å². The van der Waals surface area contributed by atoms with Gasteiger partial charge in [0.15, 0.2) is 17.2 Å². The Morgan fingerprint density at radius 1 is 0.393 bits per heavy atom. The Bertz CT molecular complexity index is 1050. The van der Waals surface area contributed by atoms with Gasteiger partial charge in [-0.05, 0) is 60.7 Å². The number of hydrogen-bond acceptors (Lipinski definition) is 4. The Morgan fingerprint density at radius 3 is 1.50 bits per heavy atom. The molecule has 0 saturated carbocycles. The highest BCUT2D eigenvalue weighted by molar-refractivity contribution is 5.55.